The second-order valence-electron chi connectivity index (χ2n) is 3.77. The SMILES string of the molecule is COc1ccc(S(=O)(=O)N[C@H](C)CN)cc1OC. The Labute approximate surface area is 107 Å². The van der Waals surface area contributed by atoms with Crippen LogP contribution < -0.4 is 19.9 Å². The van der Waals surface area contributed by atoms with E-state index in [1.165, 1.54) is 26.4 Å². The number of nitrogens with one attached hydrogen (secondary N) is 1. The van der Waals surface area contributed by atoms with E-state index in [4.69, 9.17) is 15.2 Å². The standard InChI is InChI=1S/C11H18N2O4S/c1-8(7-12)13-18(14,15)9-4-5-10(16-2)11(6-9)17-3/h4-6,8,13H,7,12H2,1-3H3/t8-/m1/s1. The number of nitrogens with two attached hydrogens (primary N) is 1. The molecule has 0 saturated carbocycles. The minimum atomic E-state index is -3.59. The van der Waals surface area contributed by atoms with Crippen molar-refractivity contribution in [1.29, 1.82) is 0 Å². The van der Waals surface area contributed by atoms with Crippen LogP contribution in [0.25, 0.3) is 0 Å². The van der Waals surface area contributed by atoms with Gasteiger partial charge in [-0.3, -0.25) is 0 Å². The molecule has 1 aromatic rings. The van der Waals surface area contributed by atoms with Gasteiger partial charge >= 0.3 is 0 Å². The molecule has 7 heteroatoms. The first-order valence-corrected chi connectivity index (χ1v) is 6.87. The molecule has 1 atom stereocenters. The Morgan fingerprint density at radius 2 is 1.89 bits per heavy atom. The van der Waals surface area contributed by atoms with Crippen LogP contribution in [0, 0.1) is 0 Å². The molecule has 0 fully saturated rings. The van der Waals surface area contributed by atoms with Crippen LogP contribution in [0.5, 0.6) is 11.5 Å². The molecule has 0 aliphatic carbocycles. The lowest BCUT2D eigenvalue weighted by molar-refractivity contribution is 0.354. The zero-order valence-corrected chi connectivity index (χ0v) is 11.5. The van der Waals surface area contributed by atoms with E-state index >= 15 is 0 Å². The average Bonchev–Trinajstić information content (AvgIpc) is 2.37. The van der Waals surface area contributed by atoms with Gasteiger partial charge in [0, 0.05) is 18.7 Å². The van der Waals surface area contributed by atoms with Crippen LogP contribution in [0.1, 0.15) is 6.92 Å². The van der Waals surface area contributed by atoms with E-state index in [0.717, 1.165) is 0 Å². The molecule has 0 bridgehead atoms. The number of hydrogen-bond acceptors (Lipinski definition) is 5. The zero-order chi connectivity index (χ0) is 13.8. The summed E-state index contributed by atoms with van der Waals surface area (Å²) in [7, 11) is -0.659. The minimum absolute atomic E-state index is 0.112. The molecule has 18 heavy (non-hydrogen) atoms. The lowest BCUT2D eigenvalue weighted by atomic mass is 10.3. The third kappa shape index (κ3) is 3.34. The van der Waals surface area contributed by atoms with Crippen LogP contribution >= 0.6 is 0 Å². The quantitative estimate of drug-likeness (QED) is 0.780. The number of methoxy groups -OCH3 is 2. The highest BCUT2D eigenvalue weighted by molar-refractivity contribution is 7.89. The summed E-state index contributed by atoms with van der Waals surface area (Å²) in [6, 6.07) is 4.07. The molecule has 6 nitrogen and oxygen atoms in total. The van der Waals surface area contributed by atoms with Gasteiger partial charge in [-0.1, -0.05) is 0 Å². The summed E-state index contributed by atoms with van der Waals surface area (Å²) in [4.78, 5) is 0.112. The van der Waals surface area contributed by atoms with Gasteiger partial charge in [0.1, 0.15) is 0 Å². The van der Waals surface area contributed by atoms with Crippen molar-refractivity contribution in [2.24, 2.45) is 5.73 Å². The Morgan fingerprint density at radius 1 is 1.28 bits per heavy atom. The van der Waals surface area contributed by atoms with Crippen LogP contribution in [0.15, 0.2) is 23.1 Å². The molecule has 0 aliphatic heterocycles. The zero-order valence-electron chi connectivity index (χ0n) is 10.6. The van der Waals surface area contributed by atoms with Crippen molar-refractivity contribution in [3.63, 3.8) is 0 Å². The minimum Gasteiger partial charge on any atom is -0.493 e. The first-order valence-electron chi connectivity index (χ1n) is 5.39. The molecular weight excluding hydrogens is 256 g/mol. The van der Waals surface area contributed by atoms with E-state index in [2.05, 4.69) is 4.72 Å². The topological polar surface area (TPSA) is 90.7 Å². The molecule has 0 aromatic heterocycles. The van der Waals surface area contributed by atoms with Crippen molar-refractivity contribution < 1.29 is 17.9 Å². The first kappa shape index (κ1) is 14.7. The summed E-state index contributed by atoms with van der Waals surface area (Å²) in [6.45, 7) is 1.92. The van der Waals surface area contributed by atoms with Crippen LogP contribution in [0.2, 0.25) is 0 Å². The monoisotopic (exact) mass is 274 g/mol. The summed E-state index contributed by atoms with van der Waals surface area (Å²) in [6.07, 6.45) is 0. The molecule has 0 unspecified atom stereocenters. The number of hydrogen-bond donors (Lipinski definition) is 2. The Kier molecular flexibility index (Phi) is 4.94. The van der Waals surface area contributed by atoms with Crippen molar-refractivity contribution in [3.8, 4) is 11.5 Å². The van der Waals surface area contributed by atoms with E-state index in [0.29, 0.717) is 11.5 Å². The van der Waals surface area contributed by atoms with Gasteiger partial charge < -0.3 is 15.2 Å². The van der Waals surface area contributed by atoms with Gasteiger partial charge in [-0.15, -0.1) is 0 Å². The van der Waals surface area contributed by atoms with Gasteiger partial charge in [0.05, 0.1) is 19.1 Å². The summed E-state index contributed by atoms with van der Waals surface area (Å²) in [5, 5.41) is 0. The number of ether oxygens (including phenoxy) is 2. The van der Waals surface area contributed by atoms with Gasteiger partial charge in [0.15, 0.2) is 11.5 Å². The lowest BCUT2D eigenvalue weighted by Gasteiger charge is -2.13. The van der Waals surface area contributed by atoms with E-state index in [1.807, 2.05) is 0 Å². The van der Waals surface area contributed by atoms with Gasteiger partial charge in [0.25, 0.3) is 0 Å². The van der Waals surface area contributed by atoms with Crippen molar-refractivity contribution in [2.75, 3.05) is 20.8 Å². The largest absolute Gasteiger partial charge is 0.493 e. The lowest BCUT2D eigenvalue weighted by Crippen LogP contribution is -2.37. The maximum Gasteiger partial charge on any atom is 0.240 e. The maximum atomic E-state index is 12.0. The summed E-state index contributed by atoms with van der Waals surface area (Å²) < 4.78 is 36.6. The third-order valence-corrected chi connectivity index (χ3v) is 3.96. The fourth-order valence-electron chi connectivity index (χ4n) is 1.36. The van der Waals surface area contributed by atoms with Crippen LogP contribution in [-0.4, -0.2) is 35.2 Å². The average molecular weight is 274 g/mol. The van der Waals surface area contributed by atoms with E-state index < -0.39 is 10.0 Å². The van der Waals surface area contributed by atoms with Crippen molar-refractivity contribution in [3.05, 3.63) is 18.2 Å². The molecule has 0 aliphatic rings. The highest BCUT2D eigenvalue weighted by Crippen LogP contribution is 2.29. The predicted molar refractivity (Wildman–Crippen MR) is 68.4 cm³/mol. The van der Waals surface area contributed by atoms with Crippen LogP contribution in [-0.2, 0) is 10.0 Å². The summed E-state index contributed by atoms with van der Waals surface area (Å²) >= 11 is 0. The van der Waals surface area contributed by atoms with E-state index in [1.54, 1.807) is 13.0 Å². The van der Waals surface area contributed by atoms with Crippen LogP contribution in [0.4, 0.5) is 0 Å². The molecular formula is C11H18N2O4S. The summed E-state index contributed by atoms with van der Waals surface area (Å²) in [5.41, 5.74) is 5.39. The fourth-order valence-corrected chi connectivity index (χ4v) is 2.64. The maximum absolute atomic E-state index is 12.0. The van der Waals surface area contributed by atoms with Gasteiger partial charge in [-0.25, -0.2) is 13.1 Å². The Hall–Kier alpha value is -1.31. The van der Waals surface area contributed by atoms with Crippen LogP contribution in [0.3, 0.4) is 0 Å². The Morgan fingerprint density at radius 3 is 2.39 bits per heavy atom. The molecule has 1 aromatic carbocycles. The van der Waals surface area contributed by atoms with E-state index in [9.17, 15) is 8.42 Å². The van der Waals surface area contributed by atoms with Gasteiger partial charge in [-0.05, 0) is 19.1 Å². The Balaban J connectivity index is 3.10. The highest BCUT2D eigenvalue weighted by atomic mass is 32.2. The number of rotatable bonds is 6. The van der Waals surface area contributed by atoms with Crippen molar-refractivity contribution in [2.45, 2.75) is 17.9 Å². The molecule has 0 saturated heterocycles. The first-order chi connectivity index (χ1) is 8.44. The van der Waals surface area contributed by atoms with E-state index in [-0.39, 0.29) is 17.5 Å². The number of sulfonamides is 1. The molecule has 0 spiro atoms. The fraction of sp³-hybridized carbons (Fsp3) is 0.455. The molecule has 0 radical (unpaired) electrons. The predicted octanol–water partition coefficient (Wildman–Crippen LogP) is 0.329. The molecule has 102 valence electrons. The molecule has 3 N–H and O–H groups in total. The smallest absolute Gasteiger partial charge is 0.240 e. The normalized spacial score (nSPS) is 13.1. The molecule has 0 heterocycles. The molecule has 1 rings (SSSR count). The van der Waals surface area contributed by atoms with Crippen molar-refractivity contribution >= 4 is 10.0 Å². The highest BCUT2D eigenvalue weighted by Gasteiger charge is 2.18. The molecule has 0 amide bonds. The Bertz CT molecular complexity index is 502. The third-order valence-electron chi connectivity index (χ3n) is 2.38. The summed E-state index contributed by atoms with van der Waals surface area (Å²) in [5.74, 6) is 0.837. The van der Waals surface area contributed by atoms with Gasteiger partial charge in [0.2, 0.25) is 10.0 Å². The van der Waals surface area contributed by atoms with Crippen molar-refractivity contribution in [1.82, 2.24) is 4.72 Å². The second kappa shape index (κ2) is 6.03. The number of benzene rings is 1. The second-order valence-corrected chi connectivity index (χ2v) is 5.49. The van der Waals surface area contributed by atoms with Gasteiger partial charge in [-0.2, -0.15) is 0 Å².